The third-order valence-corrected chi connectivity index (χ3v) is 5.82. The summed E-state index contributed by atoms with van der Waals surface area (Å²) in [6.45, 7) is 7.46. The number of para-hydroxylation sites is 1. The van der Waals surface area contributed by atoms with Crippen LogP contribution in [-0.2, 0) is 24.2 Å². The molecule has 37 heavy (non-hydrogen) atoms. The second kappa shape index (κ2) is 12.7. The topological polar surface area (TPSA) is 72.9 Å². The molecule has 0 bridgehead atoms. The molecule has 1 atom stereocenters. The maximum atomic E-state index is 13.7. The van der Waals surface area contributed by atoms with Crippen molar-refractivity contribution < 1.29 is 23.4 Å². The Morgan fingerprint density at radius 1 is 1.03 bits per heavy atom. The van der Waals surface area contributed by atoms with Crippen LogP contribution in [0.3, 0.4) is 0 Å². The molecule has 8 heteroatoms. The number of hydrogen-bond acceptors (Lipinski definition) is 6. The van der Waals surface area contributed by atoms with Crippen LogP contribution in [0, 0.1) is 5.82 Å². The standard InChI is InChI=1S/C29H34FN3O4/c1-4-28-27(19-32(18-26-11-8-16-35-26)17-24(34)20-36-21(2)3)29(37-25-9-6-5-7-10-25)33(31-28)23-14-12-22(30)13-15-23/h5-16,21,24,34H,4,17-20H2,1-3H3. The highest BCUT2D eigenvalue weighted by Crippen LogP contribution is 2.32. The molecule has 7 nitrogen and oxygen atoms in total. The number of halogens is 1. The van der Waals surface area contributed by atoms with Gasteiger partial charge >= 0.3 is 0 Å². The SMILES string of the molecule is CCc1nn(-c2ccc(F)cc2)c(Oc2ccccc2)c1CN(Cc1ccco1)CC(O)COC(C)C. The highest BCUT2D eigenvalue weighted by molar-refractivity contribution is 5.44. The van der Waals surface area contributed by atoms with Gasteiger partial charge in [0.2, 0.25) is 5.88 Å². The van der Waals surface area contributed by atoms with Crippen LogP contribution in [0.1, 0.15) is 37.8 Å². The monoisotopic (exact) mass is 507 g/mol. The number of ether oxygens (including phenoxy) is 2. The fourth-order valence-corrected chi connectivity index (χ4v) is 4.07. The molecule has 0 fully saturated rings. The van der Waals surface area contributed by atoms with Crippen LogP contribution < -0.4 is 4.74 Å². The van der Waals surface area contributed by atoms with Gasteiger partial charge < -0.3 is 19.0 Å². The predicted octanol–water partition coefficient (Wildman–Crippen LogP) is 5.75. The minimum atomic E-state index is -0.687. The van der Waals surface area contributed by atoms with Crippen LogP contribution in [0.15, 0.2) is 77.4 Å². The Labute approximate surface area is 217 Å². The van der Waals surface area contributed by atoms with Crippen molar-refractivity contribution >= 4 is 0 Å². The first kappa shape index (κ1) is 26.6. The molecule has 1 N–H and O–H groups in total. The molecule has 2 aromatic carbocycles. The number of aromatic nitrogens is 2. The molecule has 0 aliphatic rings. The molecule has 1 unspecified atom stereocenters. The summed E-state index contributed by atoms with van der Waals surface area (Å²) in [5.74, 6) is 1.68. The number of aliphatic hydroxyl groups excluding tert-OH is 1. The number of rotatable bonds is 13. The van der Waals surface area contributed by atoms with E-state index in [0.717, 1.165) is 17.0 Å². The molecule has 0 spiro atoms. The Morgan fingerprint density at radius 3 is 2.43 bits per heavy atom. The van der Waals surface area contributed by atoms with E-state index in [1.165, 1.54) is 12.1 Å². The number of benzene rings is 2. The fraction of sp³-hybridized carbons (Fsp3) is 0.345. The minimum absolute atomic E-state index is 0.0275. The lowest BCUT2D eigenvalue weighted by atomic mass is 10.1. The molecule has 2 aromatic heterocycles. The summed E-state index contributed by atoms with van der Waals surface area (Å²) in [5.41, 5.74) is 2.43. The van der Waals surface area contributed by atoms with Crippen LogP contribution in [0.2, 0.25) is 0 Å². The van der Waals surface area contributed by atoms with Crippen molar-refractivity contribution in [3.8, 4) is 17.3 Å². The van der Waals surface area contributed by atoms with E-state index in [4.69, 9.17) is 19.0 Å². The molecule has 0 radical (unpaired) electrons. The zero-order chi connectivity index (χ0) is 26.2. The maximum Gasteiger partial charge on any atom is 0.227 e. The molecule has 0 aliphatic heterocycles. The molecule has 2 heterocycles. The quantitative estimate of drug-likeness (QED) is 0.249. The first-order valence-corrected chi connectivity index (χ1v) is 12.6. The lowest BCUT2D eigenvalue weighted by molar-refractivity contribution is -0.0115. The molecule has 196 valence electrons. The Kier molecular flexibility index (Phi) is 9.11. The van der Waals surface area contributed by atoms with Gasteiger partial charge in [0.25, 0.3) is 0 Å². The van der Waals surface area contributed by atoms with E-state index in [-0.39, 0.29) is 18.5 Å². The average molecular weight is 508 g/mol. The third kappa shape index (κ3) is 7.29. The molecule has 0 aliphatic carbocycles. The van der Waals surface area contributed by atoms with Gasteiger partial charge in [0.05, 0.1) is 48.6 Å². The summed E-state index contributed by atoms with van der Waals surface area (Å²) in [7, 11) is 0. The van der Waals surface area contributed by atoms with Gasteiger partial charge in [-0.3, -0.25) is 4.90 Å². The van der Waals surface area contributed by atoms with Crippen molar-refractivity contribution in [2.45, 2.75) is 52.5 Å². The molecule has 0 saturated heterocycles. The average Bonchev–Trinajstić information content (AvgIpc) is 3.52. The van der Waals surface area contributed by atoms with Gasteiger partial charge in [-0.25, -0.2) is 9.07 Å². The van der Waals surface area contributed by atoms with Gasteiger partial charge in [-0.15, -0.1) is 0 Å². The van der Waals surface area contributed by atoms with Gasteiger partial charge in [0.1, 0.15) is 17.3 Å². The zero-order valence-corrected chi connectivity index (χ0v) is 21.5. The van der Waals surface area contributed by atoms with E-state index in [0.29, 0.717) is 43.4 Å². The van der Waals surface area contributed by atoms with Gasteiger partial charge in [0.15, 0.2) is 0 Å². The second-order valence-electron chi connectivity index (χ2n) is 9.17. The van der Waals surface area contributed by atoms with Gasteiger partial charge in [-0.2, -0.15) is 5.10 Å². The number of hydrogen-bond donors (Lipinski definition) is 1. The summed E-state index contributed by atoms with van der Waals surface area (Å²) >= 11 is 0. The van der Waals surface area contributed by atoms with E-state index in [1.54, 1.807) is 23.1 Å². The molecule has 0 amide bonds. The summed E-state index contributed by atoms with van der Waals surface area (Å²) in [6.07, 6.45) is 1.65. The highest BCUT2D eigenvalue weighted by Gasteiger charge is 2.24. The highest BCUT2D eigenvalue weighted by atomic mass is 19.1. The van der Waals surface area contributed by atoms with Crippen molar-refractivity contribution in [1.29, 1.82) is 0 Å². The smallest absolute Gasteiger partial charge is 0.227 e. The summed E-state index contributed by atoms with van der Waals surface area (Å²) < 4.78 is 33.0. The minimum Gasteiger partial charge on any atom is -0.468 e. The van der Waals surface area contributed by atoms with E-state index in [1.807, 2.05) is 63.2 Å². The van der Waals surface area contributed by atoms with Crippen LogP contribution in [0.5, 0.6) is 11.6 Å². The fourth-order valence-electron chi connectivity index (χ4n) is 4.07. The Morgan fingerprint density at radius 2 is 1.78 bits per heavy atom. The third-order valence-electron chi connectivity index (χ3n) is 5.82. The van der Waals surface area contributed by atoms with E-state index in [2.05, 4.69) is 4.90 Å². The molecule has 4 aromatic rings. The van der Waals surface area contributed by atoms with Crippen LogP contribution in [0.4, 0.5) is 4.39 Å². The lowest BCUT2D eigenvalue weighted by Crippen LogP contribution is -2.35. The van der Waals surface area contributed by atoms with Crippen molar-refractivity contribution in [1.82, 2.24) is 14.7 Å². The van der Waals surface area contributed by atoms with Crippen molar-refractivity contribution in [3.63, 3.8) is 0 Å². The molecular formula is C29H34FN3O4. The van der Waals surface area contributed by atoms with Gasteiger partial charge in [-0.05, 0) is 68.8 Å². The van der Waals surface area contributed by atoms with Gasteiger partial charge in [0, 0.05) is 13.1 Å². The van der Waals surface area contributed by atoms with Crippen molar-refractivity contribution in [2.24, 2.45) is 0 Å². The predicted molar refractivity (Wildman–Crippen MR) is 139 cm³/mol. The first-order valence-electron chi connectivity index (χ1n) is 12.6. The number of furan rings is 1. The number of nitrogens with zero attached hydrogens (tertiary/aromatic N) is 3. The largest absolute Gasteiger partial charge is 0.468 e. The Hall–Kier alpha value is -3.46. The van der Waals surface area contributed by atoms with E-state index in [9.17, 15) is 9.50 Å². The normalized spacial score (nSPS) is 12.4. The molecule has 0 saturated carbocycles. The van der Waals surface area contributed by atoms with Crippen LogP contribution >= 0.6 is 0 Å². The first-order chi connectivity index (χ1) is 17.9. The number of aliphatic hydroxyl groups is 1. The van der Waals surface area contributed by atoms with Gasteiger partial charge in [-0.1, -0.05) is 25.1 Å². The summed E-state index contributed by atoms with van der Waals surface area (Å²) in [5, 5.41) is 15.6. The molecular weight excluding hydrogens is 473 g/mol. The summed E-state index contributed by atoms with van der Waals surface area (Å²) in [4.78, 5) is 2.09. The van der Waals surface area contributed by atoms with Crippen LogP contribution in [0.25, 0.3) is 5.69 Å². The summed E-state index contributed by atoms with van der Waals surface area (Å²) in [6, 6.07) is 19.4. The number of aryl methyl sites for hydroxylation is 1. The Bertz CT molecular complexity index is 1220. The Balaban J connectivity index is 1.71. The maximum absolute atomic E-state index is 13.7. The zero-order valence-electron chi connectivity index (χ0n) is 21.5. The lowest BCUT2D eigenvalue weighted by Gasteiger charge is -2.25. The van der Waals surface area contributed by atoms with Crippen molar-refractivity contribution in [3.05, 3.63) is 95.8 Å². The van der Waals surface area contributed by atoms with E-state index < -0.39 is 6.10 Å². The molecule has 4 rings (SSSR count). The van der Waals surface area contributed by atoms with Crippen molar-refractivity contribution in [2.75, 3.05) is 13.2 Å². The van der Waals surface area contributed by atoms with E-state index >= 15 is 0 Å². The van der Waals surface area contributed by atoms with Crippen LogP contribution in [-0.4, -0.2) is 45.1 Å². The second-order valence-corrected chi connectivity index (χ2v) is 9.17.